The summed E-state index contributed by atoms with van der Waals surface area (Å²) in [6.07, 6.45) is 0. The molecule has 0 aliphatic carbocycles. The van der Waals surface area contributed by atoms with Crippen LogP contribution in [0.4, 0.5) is 0 Å². The highest BCUT2D eigenvalue weighted by Crippen LogP contribution is 2.23. The molecule has 1 heterocycles. The summed E-state index contributed by atoms with van der Waals surface area (Å²) in [6.45, 7) is 1.67. The van der Waals surface area contributed by atoms with Gasteiger partial charge in [0, 0.05) is 18.0 Å². The number of aryl methyl sites for hydroxylation is 1. The van der Waals surface area contributed by atoms with Crippen molar-refractivity contribution in [2.75, 3.05) is 0 Å². The van der Waals surface area contributed by atoms with Crippen LogP contribution in [0.3, 0.4) is 0 Å². The van der Waals surface area contributed by atoms with E-state index in [2.05, 4.69) is 5.10 Å². The van der Waals surface area contributed by atoms with E-state index in [0.717, 1.165) is 10.9 Å². The summed E-state index contributed by atoms with van der Waals surface area (Å²) < 4.78 is 1.65. The van der Waals surface area contributed by atoms with Gasteiger partial charge in [-0.05, 0) is 19.1 Å². The van der Waals surface area contributed by atoms with Gasteiger partial charge in [0.25, 0.3) is 0 Å². The summed E-state index contributed by atoms with van der Waals surface area (Å²) >= 11 is 5.93. The van der Waals surface area contributed by atoms with Crippen molar-refractivity contribution in [2.45, 2.75) is 13.0 Å². The molecule has 0 aliphatic heterocycles. The lowest BCUT2D eigenvalue weighted by Crippen LogP contribution is -2.26. The minimum Gasteiger partial charge on any atom is -0.321 e. The summed E-state index contributed by atoms with van der Waals surface area (Å²) in [5.41, 5.74) is 6.97. The van der Waals surface area contributed by atoms with Gasteiger partial charge in [-0.1, -0.05) is 17.7 Å². The second-order valence-corrected chi connectivity index (χ2v) is 4.16. The smallest absolute Gasteiger partial charge is 0.179 e. The van der Waals surface area contributed by atoms with E-state index < -0.39 is 6.04 Å². The Bertz CT molecular complexity index is 560. The predicted octanol–water partition coefficient (Wildman–Crippen LogP) is 1.76. The van der Waals surface area contributed by atoms with Crippen molar-refractivity contribution in [1.82, 2.24) is 9.78 Å². The monoisotopic (exact) mass is 237 g/mol. The van der Waals surface area contributed by atoms with Crippen LogP contribution in [0, 0.1) is 0 Å². The molecule has 0 bridgehead atoms. The van der Waals surface area contributed by atoms with Gasteiger partial charge in [-0.15, -0.1) is 0 Å². The quantitative estimate of drug-likeness (QED) is 0.810. The number of aromatic nitrogens is 2. The van der Waals surface area contributed by atoms with Crippen LogP contribution in [-0.2, 0) is 7.05 Å². The Labute approximate surface area is 98.0 Å². The molecular weight excluding hydrogens is 226 g/mol. The predicted molar refractivity (Wildman–Crippen MR) is 63.7 cm³/mol. The fraction of sp³-hybridized carbons (Fsp3) is 0.273. The first-order chi connectivity index (χ1) is 7.50. The topological polar surface area (TPSA) is 60.9 Å². The van der Waals surface area contributed by atoms with E-state index in [1.54, 1.807) is 36.9 Å². The molecule has 1 unspecified atom stereocenters. The summed E-state index contributed by atoms with van der Waals surface area (Å²) in [5.74, 6) is -0.0841. The first kappa shape index (κ1) is 11.1. The lowest BCUT2D eigenvalue weighted by atomic mass is 10.0. The molecule has 0 saturated carbocycles. The zero-order valence-electron chi connectivity index (χ0n) is 9.07. The summed E-state index contributed by atoms with van der Waals surface area (Å²) in [4.78, 5) is 11.7. The Hall–Kier alpha value is -1.39. The lowest BCUT2D eigenvalue weighted by Gasteiger charge is -2.04. The number of benzene rings is 1. The number of ketones is 1. The molecule has 5 heteroatoms. The molecule has 0 saturated heterocycles. The summed E-state index contributed by atoms with van der Waals surface area (Å²) in [5, 5.41) is 5.36. The van der Waals surface area contributed by atoms with Crippen LogP contribution >= 0.6 is 11.6 Å². The number of nitrogens with two attached hydrogens (primary N) is 1. The van der Waals surface area contributed by atoms with E-state index in [-0.39, 0.29) is 5.78 Å². The van der Waals surface area contributed by atoms with Gasteiger partial charge in [-0.25, -0.2) is 0 Å². The number of carbonyl (C=O) groups excluding carboxylic acids is 1. The van der Waals surface area contributed by atoms with E-state index in [4.69, 9.17) is 17.3 Å². The minimum atomic E-state index is -0.499. The normalized spacial score (nSPS) is 13.0. The van der Waals surface area contributed by atoms with Crippen molar-refractivity contribution in [2.24, 2.45) is 12.8 Å². The van der Waals surface area contributed by atoms with Gasteiger partial charge >= 0.3 is 0 Å². The van der Waals surface area contributed by atoms with E-state index in [1.807, 2.05) is 0 Å². The fourth-order valence-corrected chi connectivity index (χ4v) is 1.90. The van der Waals surface area contributed by atoms with Crippen molar-refractivity contribution < 1.29 is 4.79 Å². The van der Waals surface area contributed by atoms with Crippen molar-refractivity contribution in [3.8, 4) is 0 Å². The van der Waals surface area contributed by atoms with Crippen LogP contribution in [0.2, 0.25) is 5.15 Å². The molecule has 2 rings (SSSR count). The van der Waals surface area contributed by atoms with Gasteiger partial charge in [-0.3, -0.25) is 9.48 Å². The highest BCUT2D eigenvalue weighted by Gasteiger charge is 2.13. The number of nitrogens with zero attached hydrogens (tertiary/aromatic N) is 2. The van der Waals surface area contributed by atoms with Crippen LogP contribution in [0.5, 0.6) is 0 Å². The van der Waals surface area contributed by atoms with E-state index in [9.17, 15) is 4.79 Å². The fourth-order valence-electron chi connectivity index (χ4n) is 1.63. The van der Waals surface area contributed by atoms with Gasteiger partial charge in [0.15, 0.2) is 10.9 Å². The first-order valence-electron chi connectivity index (χ1n) is 4.92. The molecule has 1 aromatic heterocycles. The maximum atomic E-state index is 11.7. The Balaban J connectivity index is 2.60. The van der Waals surface area contributed by atoms with Gasteiger partial charge in [-0.2, -0.15) is 5.10 Å². The molecule has 2 aromatic rings. The van der Waals surface area contributed by atoms with Crippen molar-refractivity contribution in [3.05, 3.63) is 28.9 Å². The molecule has 84 valence electrons. The molecule has 1 aromatic carbocycles. The standard InChI is InChI=1S/C11H12ClN3O/c1-6(13)10(16)7-3-4-8-9(5-7)15(2)14-11(8)12/h3-6H,13H2,1-2H3. The van der Waals surface area contributed by atoms with Crippen LogP contribution in [0.25, 0.3) is 10.9 Å². The Kier molecular flexibility index (Phi) is 2.69. The highest BCUT2D eigenvalue weighted by atomic mass is 35.5. The van der Waals surface area contributed by atoms with Crippen molar-refractivity contribution in [1.29, 1.82) is 0 Å². The van der Waals surface area contributed by atoms with Crippen molar-refractivity contribution in [3.63, 3.8) is 0 Å². The van der Waals surface area contributed by atoms with E-state index in [0.29, 0.717) is 10.7 Å². The number of halogens is 1. The van der Waals surface area contributed by atoms with Crippen molar-refractivity contribution >= 4 is 28.3 Å². The molecule has 0 aliphatic rings. The second kappa shape index (κ2) is 3.88. The molecule has 16 heavy (non-hydrogen) atoms. The van der Waals surface area contributed by atoms with Crippen LogP contribution < -0.4 is 5.73 Å². The zero-order valence-corrected chi connectivity index (χ0v) is 9.82. The van der Waals surface area contributed by atoms with Crippen LogP contribution in [0.1, 0.15) is 17.3 Å². The number of hydrogen-bond acceptors (Lipinski definition) is 3. The third-order valence-corrected chi connectivity index (χ3v) is 2.78. The SMILES string of the molecule is CC(N)C(=O)c1ccc2c(Cl)nn(C)c2c1. The molecule has 0 radical (unpaired) electrons. The van der Waals surface area contributed by atoms with Gasteiger partial charge in [0.1, 0.15) is 0 Å². The Morgan fingerprint density at radius 2 is 2.25 bits per heavy atom. The Morgan fingerprint density at radius 3 is 2.88 bits per heavy atom. The first-order valence-corrected chi connectivity index (χ1v) is 5.30. The molecular formula is C11H12ClN3O. The largest absolute Gasteiger partial charge is 0.321 e. The number of hydrogen-bond donors (Lipinski definition) is 1. The van der Waals surface area contributed by atoms with Gasteiger partial charge in [0.05, 0.1) is 11.6 Å². The molecule has 1 atom stereocenters. The maximum Gasteiger partial charge on any atom is 0.179 e. The maximum absolute atomic E-state index is 11.7. The lowest BCUT2D eigenvalue weighted by molar-refractivity contribution is 0.0968. The zero-order chi connectivity index (χ0) is 11.9. The molecule has 0 fully saturated rings. The van der Waals surface area contributed by atoms with Gasteiger partial charge < -0.3 is 5.73 Å². The molecule has 2 N–H and O–H groups in total. The summed E-state index contributed by atoms with van der Waals surface area (Å²) in [6, 6.07) is 4.78. The molecule has 0 amide bonds. The molecule has 4 nitrogen and oxygen atoms in total. The van der Waals surface area contributed by atoms with Crippen LogP contribution in [0.15, 0.2) is 18.2 Å². The second-order valence-electron chi connectivity index (χ2n) is 3.80. The number of Topliss-reactive ketones (excluding diaryl/α,β-unsaturated/α-hetero) is 1. The number of fused-ring (bicyclic) bond motifs is 1. The highest BCUT2D eigenvalue weighted by molar-refractivity contribution is 6.34. The third kappa shape index (κ3) is 1.70. The van der Waals surface area contributed by atoms with E-state index >= 15 is 0 Å². The minimum absolute atomic E-state index is 0.0841. The third-order valence-electron chi connectivity index (χ3n) is 2.50. The number of carbonyl (C=O) groups is 1. The number of rotatable bonds is 2. The van der Waals surface area contributed by atoms with Gasteiger partial charge in [0.2, 0.25) is 0 Å². The average molecular weight is 238 g/mol. The Morgan fingerprint density at radius 1 is 1.56 bits per heavy atom. The molecule has 0 spiro atoms. The summed E-state index contributed by atoms with van der Waals surface area (Å²) in [7, 11) is 1.79. The van der Waals surface area contributed by atoms with Crippen LogP contribution in [-0.4, -0.2) is 21.6 Å². The van der Waals surface area contributed by atoms with E-state index in [1.165, 1.54) is 0 Å². The average Bonchev–Trinajstić information content (AvgIpc) is 2.53.